The van der Waals surface area contributed by atoms with Crippen molar-refractivity contribution in [2.24, 2.45) is 0 Å². The first-order valence-electron chi connectivity index (χ1n) is 9.20. The number of nitrogens with zero attached hydrogens (tertiary/aromatic N) is 3. The fraction of sp³-hybridized carbons (Fsp3) is 0.0870. The third-order valence-electron chi connectivity index (χ3n) is 4.76. The number of hydrogen-bond donors (Lipinski definition) is 0. The molecule has 0 N–H and O–H groups in total. The molecule has 0 aliphatic heterocycles. The minimum Gasteiger partial charge on any atom is -0.264 e. The van der Waals surface area contributed by atoms with Gasteiger partial charge in [0.25, 0.3) is 0 Å². The lowest BCUT2D eigenvalue weighted by Gasteiger charge is -2.19. The van der Waals surface area contributed by atoms with Crippen LogP contribution in [0, 0.1) is 0 Å². The van der Waals surface area contributed by atoms with Gasteiger partial charge < -0.3 is 0 Å². The van der Waals surface area contributed by atoms with E-state index in [4.69, 9.17) is 0 Å². The van der Waals surface area contributed by atoms with Crippen LogP contribution in [0.2, 0.25) is 0 Å². The van der Waals surface area contributed by atoms with E-state index in [9.17, 15) is 8.42 Å². The fourth-order valence-corrected chi connectivity index (χ4v) is 4.78. The largest absolute Gasteiger partial charge is 0.264 e. The van der Waals surface area contributed by atoms with Crippen LogP contribution in [0.5, 0.6) is 0 Å². The summed E-state index contributed by atoms with van der Waals surface area (Å²) in [6.07, 6.45) is 9.03. The maximum absolute atomic E-state index is 13.2. The predicted molar refractivity (Wildman–Crippen MR) is 110 cm³/mol. The van der Waals surface area contributed by atoms with Gasteiger partial charge in [-0.3, -0.25) is 9.97 Å². The molecule has 144 valence electrons. The molecule has 29 heavy (non-hydrogen) atoms. The van der Waals surface area contributed by atoms with E-state index in [1.54, 1.807) is 61.2 Å². The highest BCUT2D eigenvalue weighted by atomic mass is 32.2. The number of hydrogen-bond acceptors (Lipinski definition) is 5. The lowest BCUT2D eigenvalue weighted by molar-refractivity contribution is 0.589. The van der Waals surface area contributed by atoms with Crippen molar-refractivity contribution in [1.82, 2.24) is 15.0 Å². The topological polar surface area (TPSA) is 72.8 Å². The first-order valence-corrected chi connectivity index (χ1v) is 10.7. The Bertz CT molecular complexity index is 1140. The Hall–Kier alpha value is -3.38. The lowest BCUT2D eigenvalue weighted by atomic mass is 9.88. The van der Waals surface area contributed by atoms with Gasteiger partial charge in [-0.05, 0) is 53.4 Å². The Kier molecular flexibility index (Phi) is 5.44. The first-order chi connectivity index (χ1) is 14.2. The molecule has 0 fully saturated rings. The van der Waals surface area contributed by atoms with Crippen LogP contribution in [0.1, 0.15) is 22.6 Å². The quantitative estimate of drug-likeness (QED) is 0.487. The number of benzene rings is 1. The number of rotatable bonds is 6. The van der Waals surface area contributed by atoms with Gasteiger partial charge in [0.2, 0.25) is 9.84 Å². The molecular formula is C23H19N3O2S. The van der Waals surface area contributed by atoms with E-state index in [0.717, 1.165) is 11.1 Å². The van der Waals surface area contributed by atoms with Crippen LogP contribution in [0.4, 0.5) is 0 Å². The SMILES string of the molecule is O=S(=O)(c1ccccc1)c1ncccc1CC(c1cccnc1)c1cccnc1. The van der Waals surface area contributed by atoms with Gasteiger partial charge in [0.1, 0.15) is 0 Å². The van der Waals surface area contributed by atoms with Crippen LogP contribution in [-0.2, 0) is 16.3 Å². The van der Waals surface area contributed by atoms with Crippen LogP contribution < -0.4 is 0 Å². The Morgan fingerprint density at radius 1 is 0.724 bits per heavy atom. The zero-order valence-corrected chi connectivity index (χ0v) is 16.4. The highest BCUT2D eigenvalue weighted by molar-refractivity contribution is 7.91. The Morgan fingerprint density at radius 3 is 1.93 bits per heavy atom. The molecule has 4 aromatic rings. The Morgan fingerprint density at radius 2 is 1.34 bits per heavy atom. The van der Waals surface area contributed by atoms with E-state index >= 15 is 0 Å². The molecule has 5 nitrogen and oxygen atoms in total. The smallest absolute Gasteiger partial charge is 0.224 e. The summed E-state index contributed by atoms with van der Waals surface area (Å²) in [5.74, 6) is -0.0914. The summed E-state index contributed by atoms with van der Waals surface area (Å²) in [7, 11) is -3.72. The molecule has 1 aromatic carbocycles. The molecule has 0 radical (unpaired) electrons. The van der Waals surface area contributed by atoms with Gasteiger partial charge >= 0.3 is 0 Å². The maximum atomic E-state index is 13.2. The molecule has 0 amide bonds. The second kappa shape index (κ2) is 8.32. The zero-order chi connectivity index (χ0) is 20.1. The Balaban J connectivity index is 1.79. The zero-order valence-electron chi connectivity index (χ0n) is 15.6. The van der Waals surface area contributed by atoms with Crippen molar-refractivity contribution in [2.75, 3.05) is 0 Å². The third kappa shape index (κ3) is 4.07. The van der Waals surface area contributed by atoms with Gasteiger partial charge in [-0.2, -0.15) is 0 Å². The summed E-state index contributed by atoms with van der Waals surface area (Å²) in [6.45, 7) is 0. The van der Waals surface area contributed by atoms with E-state index < -0.39 is 9.84 Å². The summed E-state index contributed by atoms with van der Waals surface area (Å²) >= 11 is 0. The molecule has 6 heteroatoms. The maximum Gasteiger partial charge on any atom is 0.224 e. The van der Waals surface area contributed by atoms with Gasteiger partial charge in [-0.1, -0.05) is 36.4 Å². The molecule has 0 bridgehead atoms. The van der Waals surface area contributed by atoms with Crippen molar-refractivity contribution in [3.8, 4) is 0 Å². The van der Waals surface area contributed by atoms with Crippen molar-refractivity contribution < 1.29 is 8.42 Å². The minimum atomic E-state index is -3.72. The molecule has 3 aromatic heterocycles. The normalized spacial score (nSPS) is 11.5. The lowest BCUT2D eigenvalue weighted by Crippen LogP contribution is -2.12. The Labute approximate surface area is 170 Å². The number of pyridine rings is 3. The van der Waals surface area contributed by atoms with E-state index in [2.05, 4.69) is 15.0 Å². The van der Waals surface area contributed by atoms with E-state index in [0.29, 0.717) is 12.0 Å². The summed E-state index contributed by atoms with van der Waals surface area (Å²) in [5, 5.41) is 0.0870. The van der Waals surface area contributed by atoms with Crippen molar-refractivity contribution in [3.63, 3.8) is 0 Å². The summed E-state index contributed by atoms with van der Waals surface area (Å²) in [5.41, 5.74) is 2.65. The van der Waals surface area contributed by atoms with Crippen molar-refractivity contribution in [2.45, 2.75) is 22.3 Å². The van der Waals surface area contributed by atoms with Crippen LogP contribution in [-0.4, -0.2) is 23.4 Å². The predicted octanol–water partition coefficient (Wildman–Crippen LogP) is 4.08. The molecule has 0 saturated heterocycles. The van der Waals surface area contributed by atoms with Crippen LogP contribution in [0.15, 0.2) is 108 Å². The van der Waals surface area contributed by atoms with Crippen LogP contribution in [0.25, 0.3) is 0 Å². The van der Waals surface area contributed by atoms with Crippen molar-refractivity contribution >= 4 is 9.84 Å². The second-order valence-corrected chi connectivity index (χ2v) is 8.48. The average Bonchev–Trinajstić information content (AvgIpc) is 2.79. The monoisotopic (exact) mass is 401 g/mol. The van der Waals surface area contributed by atoms with Gasteiger partial charge in [0.15, 0.2) is 5.03 Å². The first kappa shape index (κ1) is 19.0. The molecule has 0 saturated carbocycles. The summed E-state index contributed by atoms with van der Waals surface area (Å²) in [4.78, 5) is 13.0. The average molecular weight is 401 g/mol. The molecule has 0 unspecified atom stereocenters. The van der Waals surface area contributed by atoms with E-state index in [-0.39, 0.29) is 15.8 Å². The second-order valence-electron chi connectivity index (χ2n) is 6.61. The highest BCUT2D eigenvalue weighted by Crippen LogP contribution is 2.31. The van der Waals surface area contributed by atoms with Crippen molar-refractivity contribution in [3.05, 3.63) is 114 Å². The fourth-order valence-electron chi connectivity index (χ4n) is 3.34. The van der Waals surface area contributed by atoms with Gasteiger partial charge in [0.05, 0.1) is 4.90 Å². The van der Waals surface area contributed by atoms with E-state index in [1.807, 2.05) is 30.3 Å². The van der Waals surface area contributed by atoms with Crippen LogP contribution in [0.3, 0.4) is 0 Å². The number of sulfone groups is 1. The molecule has 0 spiro atoms. The van der Waals surface area contributed by atoms with Gasteiger partial charge in [-0.15, -0.1) is 0 Å². The summed E-state index contributed by atoms with van der Waals surface area (Å²) in [6, 6.07) is 19.7. The van der Waals surface area contributed by atoms with Crippen molar-refractivity contribution in [1.29, 1.82) is 0 Å². The molecule has 0 aliphatic rings. The molecular weight excluding hydrogens is 382 g/mol. The van der Waals surface area contributed by atoms with E-state index in [1.165, 1.54) is 6.20 Å². The number of aromatic nitrogens is 3. The van der Waals surface area contributed by atoms with Gasteiger partial charge in [-0.25, -0.2) is 13.4 Å². The summed E-state index contributed by atoms with van der Waals surface area (Å²) < 4.78 is 26.4. The molecule has 0 aliphatic carbocycles. The van der Waals surface area contributed by atoms with Crippen LogP contribution >= 0.6 is 0 Å². The highest BCUT2D eigenvalue weighted by Gasteiger charge is 2.25. The molecule has 4 rings (SSSR count). The standard InChI is InChI=1S/C23H19N3O2S/c27-29(28,21-10-2-1-3-11-21)23-18(7-6-14-26-23)15-22(19-8-4-12-24-16-19)20-9-5-13-25-17-20/h1-14,16-17,22H,15H2. The molecule has 3 heterocycles. The molecule has 0 atom stereocenters. The van der Waals surface area contributed by atoms with Gasteiger partial charge in [0, 0.05) is 36.9 Å². The minimum absolute atomic E-state index is 0.0870. The third-order valence-corrected chi connectivity index (χ3v) is 6.53.